The molecule has 9 heteroatoms. The van der Waals surface area contributed by atoms with E-state index in [2.05, 4.69) is 9.47 Å². The zero-order valence-electron chi connectivity index (χ0n) is 9.19. The monoisotopic (exact) mass is 278 g/mol. The molecular weight excluding hydrogens is 265 g/mol. The number of halogens is 3. The maximum atomic E-state index is 12.4. The molecule has 0 radical (unpaired) electrons. The lowest BCUT2D eigenvalue weighted by molar-refractivity contribution is -0.147. The van der Waals surface area contributed by atoms with Crippen molar-refractivity contribution >= 4 is 10.1 Å². The summed E-state index contributed by atoms with van der Waals surface area (Å²) in [7, 11) is -4.50. The van der Waals surface area contributed by atoms with E-state index in [0.717, 1.165) is 0 Å². The Hall–Kier alpha value is -0.800. The van der Waals surface area contributed by atoms with Crippen LogP contribution in [0.2, 0.25) is 0 Å². The normalized spacial score (nSPS) is 15.2. The highest BCUT2D eigenvalue weighted by molar-refractivity contribution is 7.86. The summed E-state index contributed by atoms with van der Waals surface area (Å²) in [5.74, 6) is 0. The molecule has 102 valence electrons. The van der Waals surface area contributed by atoms with E-state index in [1.54, 1.807) is 0 Å². The topological polar surface area (TPSA) is 72.8 Å². The van der Waals surface area contributed by atoms with Crippen LogP contribution in [-0.4, -0.2) is 24.7 Å². The van der Waals surface area contributed by atoms with E-state index in [4.69, 9.17) is 4.55 Å². The first-order valence-electron chi connectivity index (χ1n) is 4.71. The maximum absolute atomic E-state index is 12.4. The summed E-state index contributed by atoms with van der Waals surface area (Å²) in [5, 5.41) is 0. The van der Waals surface area contributed by atoms with E-state index < -0.39 is 33.9 Å². The van der Waals surface area contributed by atoms with Crippen LogP contribution in [0.1, 0.15) is 26.7 Å². The van der Waals surface area contributed by atoms with Crippen molar-refractivity contribution in [3.63, 3.8) is 0 Å². The van der Waals surface area contributed by atoms with Gasteiger partial charge in [0, 0.05) is 6.42 Å². The second-order valence-electron chi connectivity index (χ2n) is 2.98. The van der Waals surface area contributed by atoms with Crippen molar-refractivity contribution < 1.29 is 35.6 Å². The summed E-state index contributed by atoms with van der Waals surface area (Å²) in [6.45, 7) is 2.79. The van der Waals surface area contributed by atoms with Gasteiger partial charge in [-0.2, -0.15) is 21.6 Å². The molecule has 0 aliphatic heterocycles. The third-order valence-corrected chi connectivity index (χ3v) is 2.79. The SMILES string of the molecule is CCC(OC(F)=C(F)F)OC(CC)S(=O)(=O)O. The Morgan fingerprint density at radius 2 is 1.76 bits per heavy atom. The van der Waals surface area contributed by atoms with Crippen molar-refractivity contribution in [3.8, 4) is 0 Å². The van der Waals surface area contributed by atoms with Gasteiger partial charge in [-0.05, 0) is 6.42 Å². The Bertz CT molecular complexity index is 363. The van der Waals surface area contributed by atoms with E-state index in [9.17, 15) is 21.6 Å². The fourth-order valence-corrected chi connectivity index (χ4v) is 1.60. The lowest BCUT2D eigenvalue weighted by Crippen LogP contribution is -2.29. The molecule has 0 aromatic carbocycles. The van der Waals surface area contributed by atoms with E-state index in [0.29, 0.717) is 0 Å². The van der Waals surface area contributed by atoms with Gasteiger partial charge in [-0.25, -0.2) is 0 Å². The van der Waals surface area contributed by atoms with Crippen LogP contribution in [0, 0.1) is 0 Å². The summed E-state index contributed by atoms with van der Waals surface area (Å²) in [6, 6.07) is -2.14. The van der Waals surface area contributed by atoms with Crippen LogP contribution in [0.3, 0.4) is 0 Å². The van der Waals surface area contributed by atoms with Crippen molar-refractivity contribution in [1.82, 2.24) is 0 Å². The fourth-order valence-electron chi connectivity index (χ4n) is 0.914. The third-order valence-electron chi connectivity index (χ3n) is 1.69. The minimum atomic E-state index is -4.50. The standard InChI is InChI=1S/C8H13F3O5S/c1-3-5(16-8(11)7(9)10)15-6(4-2)17(12,13)14/h5-6H,3-4H2,1-2H3,(H,12,13,14). The van der Waals surface area contributed by atoms with Gasteiger partial charge in [0.15, 0.2) is 5.44 Å². The molecular formula is C8H13F3O5S. The van der Waals surface area contributed by atoms with Crippen LogP contribution in [0.25, 0.3) is 0 Å². The highest BCUT2D eigenvalue weighted by atomic mass is 32.2. The molecule has 5 nitrogen and oxygen atoms in total. The van der Waals surface area contributed by atoms with Gasteiger partial charge in [-0.3, -0.25) is 4.55 Å². The zero-order chi connectivity index (χ0) is 13.6. The zero-order valence-corrected chi connectivity index (χ0v) is 10.0. The summed E-state index contributed by atoms with van der Waals surface area (Å²) < 4.78 is 74.8. The van der Waals surface area contributed by atoms with Gasteiger partial charge in [-0.1, -0.05) is 13.8 Å². The molecule has 0 aromatic heterocycles. The van der Waals surface area contributed by atoms with Gasteiger partial charge < -0.3 is 9.47 Å². The van der Waals surface area contributed by atoms with Crippen molar-refractivity contribution in [1.29, 1.82) is 0 Å². The minimum absolute atomic E-state index is 0.0767. The van der Waals surface area contributed by atoms with Crippen molar-refractivity contribution in [2.75, 3.05) is 0 Å². The fraction of sp³-hybridized carbons (Fsp3) is 0.750. The first-order chi connectivity index (χ1) is 7.72. The van der Waals surface area contributed by atoms with E-state index >= 15 is 0 Å². The van der Waals surface area contributed by atoms with Crippen LogP contribution in [-0.2, 0) is 19.6 Å². The average Bonchev–Trinajstić information content (AvgIpc) is 2.21. The molecule has 2 unspecified atom stereocenters. The second kappa shape index (κ2) is 6.82. The number of ether oxygens (including phenoxy) is 2. The molecule has 2 atom stereocenters. The van der Waals surface area contributed by atoms with Crippen LogP contribution < -0.4 is 0 Å². The molecule has 1 N–H and O–H groups in total. The first kappa shape index (κ1) is 16.2. The molecule has 0 saturated carbocycles. The molecule has 0 fully saturated rings. The number of rotatable bonds is 7. The first-order valence-corrected chi connectivity index (χ1v) is 6.21. The quantitative estimate of drug-likeness (QED) is 0.440. The van der Waals surface area contributed by atoms with Gasteiger partial charge in [-0.15, -0.1) is 0 Å². The Kier molecular flexibility index (Phi) is 6.50. The molecule has 0 aliphatic carbocycles. The summed E-state index contributed by atoms with van der Waals surface area (Å²) in [4.78, 5) is 0. The maximum Gasteiger partial charge on any atom is 0.342 e. The second-order valence-corrected chi connectivity index (χ2v) is 4.53. The van der Waals surface area contributed by atoms with Crippen LogP contribution >= 0.6 is 0 Å². The Balaban J connectivity index is 4.66. The van der Waals surface area contributed by atoms with Crippen molar-refractivity contribution in [2.45, 2.75) is 38.4 Å². The minimum Gasteiger partial charge on any atom is -0.437 e. The molecule has 0 aliphatic rings. The number of hydrogen-bond acceptors (Lipinski definition) is 4. The number of hydrogen-bond donors (Lipinski definition) is 1. The molecule has 0 aromatic rings. The predicted molar refractivity (Wildman–Crippen MR) is 52.2 cm³/mol. The van der Waals surface area contributed by atoms with Crippen LogP contribution in [0.4, 0.5) is 13.2 Å². The Morgan fingerprint density at radius 1 is 1.24 bits per heavy atom. The highest BCUT2D eigenvalue weighted by Crippen LogP contribution is 2.18. The molecule has 0 saturated heterocycles. The Labute approximate surface area is 97.0 Å². The summed E-state index contributed by atoms with van der Waals surface area (Å²) in [6.07, 6.45) is -4.41. The predicted octanol–water partition coefficient (Wildman–Crippen LogP) is 2.41. The molecule has 0 bridgehead atoms. The Morgan fingerprint density at radius 3 is 2.06 bits per heavy atom. The smallest absolute Gasteiger partial charge is 0.342 e. The summed E-state index contributed by atoms with van der Waals surface area (Å²) >= 11 is 0. The van der Waals surface area contributed by atoms with Gasteiger partial charge in [0.1, 0.15) is 0 Å². The van der Waals surface area contributed by atoms with Crippen molar-refractivity contribution in [3.05, 3.63) is 12.1 Å². The van der Waals surface area contributed by atoms with Gasteiger partial charge >= 0.3 is 12.1 Å². The lowest BCUT2D eigenvalue weighted by Gasteiger charge is -2.20. The van der Waals surface area contributed by atoms with Crippen LogP contribution in [0.5, 0.6) is 0 Å². The molecule has 0 amide bonds. The highest BCUT2D eigenvalue weighted by Gasteiger charge is 2.27. The average molecular weight is 278 g/mol. The molecule has 0 spiro atoms. The summed E-state index contributed by atoms with van der Waals surface area (Å²) in [5.41, 5.74) is -1.65. The van der Waals surface area contributed by atoms with E-state index in [-0.39, 0.29) is 12.8 Å². The van der Waals surface area contributed by atoms with Crippen molar-refractivity contribution in [2.24, 2.45) is 0 Å². The van der Waals surface area contributed by atoms with Gasteiger partial charge in [0.05, 0.1) is 0 Å². The molecule has 0 heterocycles. The van der Waals surface area contributed by atoms with Crippen LogP contribution in [0.15, 0.2) is 12.1 Å². The van der Waals surface area contributed by atoms with E-state index in [1.165, 1.54) is 13.8 Å². The van der Waals surface area contributed by atoms with Gasteiger partial charge in [0.25, 0.3) is 10.1 Å². The molecule has 0 rings (SSSR count). The lowest BCUT2D eigenvalue weighted by atomic mass is 10.4. The largest absolute Gasteiger partial charge is 0.437 e. The van der Waals surface area contributed by atoms with Gasteiger partial charge in [0.2, 0.25) is 6.29 Å². The molecule has 17 heavy (non-hydrogen) atoms. The van der Waals surface area contributed by atoms with E-state index in [1.807, 2.05) is 0 Å². The third kappa shape index (κ3) is 5.89.